The van der Waals surface area contributed by atoms with Gasteiger partial charge in [0.15, 0.2) is 11.7 Å². The summed E-state index contributed by atoms with van der Waals surface area (Å²) in [6, 6.07) is 16.7. The second-order valence-electron chi connectivity index (χ2n) is 6.90. The zero-order chi connectivity index (χ0) is 20.8. The van der Waals surface area contributed by atoms with Gasteiger partial charge in [-0.2, -0.15) is 0 Å². The molecule has 0 N–H and O–H groups in total. The molecule has 0 radical (unpaired) electrons. The fourth-order valence-corrected chi connectivity index (χ4v) is 3.16. The van der Waals surface area contributed by atoms with Gasteiger partial charge in [-0.3, -0.25) is 14.2 Å². The van der Waals surface area contributed by atoms with Crippen LogP contribution in [0.15, 0.2) is 63.8 Å². The molecule has 1 heterocycles. The van der Waals surface area contributed by atoms with Crippen LogP contribution in [0.1, 0.15) is 25.3 Å². The Labute approximate surface area is 168 Å². The van der Waals surface area contributed by atoms with E-state index in [1.54, 1.807) is 32.2 Å². The lowest BCUT2D eigenvalue weighted by atomic mass is 10.2. The maximum Gasteiger partial charge on any atom is 0.419 e. The summed E-state index contributed by atoms with van der Waals surface area (Å²) in [6.07, 6.45) is -0.358. The largest absolute Gasteiger partial charge is 0.453 e. The summed E-state index contributed by atoms with van der Waals surface area (Å²) in [7, 11) is 1.68. The first-order valence-electron chi connectivity index (χ1n) is 9.52. The van der Waals surface area contributed by atoms with Gasteiger partial charge in [-0.1, -0.05) is 42.5 Å². The molecular weight excluding hydrogens is 372 g/mol. The number of rotatable bonds is 8. The third-order valence-electron chi connectivity index (χ3n) is 4.63. The number of para-hydroxylation sites is 2. The van der Waals surface area contributed by atoms with Gasteiger partial charge >= 0.3 is 11.7 Å². The average Bonchev–Trinajstić information content (AvgIpc) is 3.03. The van der Waals surface area contributed by atoms with Gasteiger partial charge in [0.05, 0.1) is 5.52 Å². The van der Waals surface area contributed by atoms with Crippen molar-refractivity contribution in [1.29, 1.82) is 0 Å². The van der Waals surface area contributed by atoms with Crippen LogP contribution >= 0.6 is 0 Å². The minimum Gasteiger partial charge on any atom is -0.453 e. The van der Waals surface area contributed by atoms with Crippen LogP contribution in [0.5, 0.6) is 0 Å². The third kappa shape index (κ3) is 5.13. The number of esters is 1. The number of carbonyl (C=O) groups is 2. The normalized spacial score (nSPS) is 11.9. The Balaban J connectivity index is 1.47. The van der Waals surface area contributed by atoms with Crippen LogP contribution in [0.2, 0.25) is 0 Å². The lowest BCUT2D eigenvalue weighted by molar-refractivity contribution is -0.158. The summed E-state index contributed by atoms with van der Waals surface area (Å²) in [6.45, 7) is 2.34. The van der Waals surface area contributed by atoms with Gasteiger partial charge in [0, 0.05) is 26.6 Å². The van der Waals surface area contributed by atoms with E-state index in [1.165, 1.54) is 9.47 Å². The molecule has 29 heavy (non-hydrogen) atoms. The number of carbonyl (C=O) groups excluding carboxylic acids is 2. The van der Waals surface area contributed by atoms with Crippen LogP contribution in [0.3, 0.4) is 0 Å². The number of fused-ring (bicyclic) bond motifs is 1. The molecule has 1 atom stereocenters. The Hall–Kier alpha value is -3.35. The Morgan fingerprint density at radius 2 is 1.79 bits per heavy atom. The molecule has 3 aromatic rings. The predicted octanol–water partition coefficient (Wildman–Crippen LogP) is 2.97. The molecule has 0 aliphatic rings. The van der Waals surface area contributed by atoms with E-state index in [-0.39, 0.29) is 12.3 Å². The van der Waals surface area contributed by atoms with E-state index in [0.717, 1.165) is 5.56 Å². The molecule has 0 saturated heterocycles. The average molecular weight is 396 g/mol. The van der Waals surface area contributed by atoms with Gasteiger partial charge in [0.1, 0.15) is 0 Å². The Kier molecular flexibility index (Phi) is 6.49. The highest BCUT2D eigenvalue weighted by Gasteiger charge is 2.21. The van der Waals surface area contributed by atoms with E-state index in [1.807, 2.05) is 36.4 Å². The van der Waals surface area contributed by atoms with Crippen molar-refractivity contribution in [3.05, 3.63) is 70.7 Å². The first-order valence-corrected chi connectivity index (χ1v) is 9.52. The van der Waals surface area contributed by atoms with Crippen LogP contribution in [0.25, 0.3) is 11.1 Å². The second-order valence-corrected chi connectivity index (χ2v) is 6.90. The van der Waals surface area contributed by atoms with Crippen LogP contribution in [-0.2, 0) is 27.4 Å². The second kappa shape index (κ2) is 9.23. The molecule has 152 valence electrons. The molecule has 7 heteroatoms. The lowest BCUT2D eigenvalue weighted by Crippen LogP contribution is -2.37. The van der Waals surface area contributed by atoms with E-state index >= 15 is 0 Å². The number of aromatic nitrogens is 1. The fraction of sp³-hybridized carbons (Fsp3) is 0.318. The number of likely N-dealkylation sites (N-methyl/N-ethyl adjacent to an activating group) is 1. The van der Waals surface area contributed by atoms with Gasteiger partial charge < -0.3 is 14.1 Å². The van der Waals surface area contributed by atoms with Crippen LogP contribution in [-0.4, -0.2) is 34.5 Å². The Morgan fingerprint density at radius 1 is 1.10 bits per heavy atom. The van der Waals surface area contributed by atoms with Gasteiger partial charge in [-0.15, -0.1) is 0 Å². The van der Waals surface area contributed by atoms with Crippen molar-refractivity contribution in [2.45, 2.75) is 39.0 Å². The molecular formula is C22H24N2O5. The molecule has 3 rings (SSSR count). The molecule has 1 aromatic heterocycles. The summed E-state index contributed by atoms with van der Waals surface area (Å²) in [5.74, 6) is -1.19. The fourth-order valence-electron chi connectivity index (χ4n) is 3.16. The van der Waals surface area contributed by atoms with Crippen molar-refractivity contribution in [3.63, 3.8) is 0 Å². The number of hydrogen-bond donors (Lipinski definition) is 0. The molecule has 0 aliphatic heterocycles. The van der Waals surface area contributed by atoms with Crippen LogP contribution < -0.4 is 5.76 Å². The van der Waals surface area contributed by atoms with Crippen molar-refractivity contribution >= 4 is 23.0 Å². The highest BCUT2D eigenvalue weighted by molar-refractivity contribution is 5.83. The van der Waals surface area contributed by atoms with Crippen molar-refractivity contribution in [1.82, 2.24) is 9.47 Å². The summed E-state index contributed by atoms with van der Waals surface area (Å²) >= 11 is 0. The first-order chi connectivity index (χ1) is 14.0. The maximum absolute atomic E-state index is 12.4. The lowest BCUT2D eigenvalue weighted by Gasteiger charge is -2.21. The monoisotopic (exact) mass is 396 g/mol. The van der Waals surface area contributed by atoms with E-state index < -0.39 is 17.8 Å². The summed E-state index contributed by atoms with van der Waals surface area (Å²) in [4.78, 5) is 38.0. The molecule has 1 amide bonds. The number of oxazole rings is 1. The molecule has 0 unspecified atom stereocenters. The standard InChI is InChI=1S/C22H24N2O5/c1-16(21(26)23(2)15-17-9-4-3-5-10-17)28-20(25)13-8-14-24-18-11-6-7-12-19(18)29-22(24)27/h3-7,9-12,16H,8,13-15H2,1-2H3/t16-/m0/s1. The predicted molar refractivity (Wildman–Crippen MR) is 108 cm³/mol. The Bertz CT molecular complexity index is 1040. The zero-order valence-electron chi connectivity index (χ0n) is 16.5. The van der Waals surface area contributed by atoms with E-state index in [4.69, 9.17) is 9.15 Å². The topological polar surface area (TPSA) is 81.7 Å². The number of amides is 1. The van der Waals surface area contributed by atoms with Gasteiger partial charge in [0.2, 0.25) is 0 Å². The molecule has 0 saturated carbocycles. The van der Waals surface area contributed by atoms with E-state index in [0.29, 0.717) is 30.6 Å². The zero-order valence-corrected chi connectivity index (χ0v) is 16.5. The van der Waals surface area contributed by atoms with E-state index in [2.05, 4.69) is 0 Å². The summed E-state index contributed by atoms with van der Waals surface area (Å²) < 4.78 is 11.9. The van der Waals surface area contributed by atoms with Gasteiger partial charge in [-0.05, 0) is 31.0 Å². The van der Waals surface area contributed by atoms with Crippen molar-refractivity contribution in [2.24, 2.45) is 0 Å². The van der Waals surface area contributed by atoms with Gasteiger partial charge in [0.25, 0.3) is 5.91 Å². The van der Waals surface area contributed by atoms with Gasteiger partial charge in [-0.25, -0.2) is 4.79 Å². The minimum atomic E-state index is -0.867. The number of benzene rings is 2. The van der Waals surface area contributed by atoms with Crippen molar-refractivity contribution in [3.8, 4) is 0 Å². The number of nitrogens with zero attached hydrogens (tertiary/aromatic N) is 2. The molecule has 0 fully saturated rings. The quantitative estimate of drug-likeness (QED) is 0.547. The van der Waals surface area contributed by atoms with Crippen LogP contribution in [0.4, 0.5) is 0 Å². The SMILES string of the molecule is C[C@H](OC(=O)CCCn1c(=O)oc2ccccc21)C(=O)N(C)Cc1ccccc1. The number of hydrogen-bond acceptors (Lipinski definition) is 5. The third-order valence-corrected chi connectivity index (χ3v) is 4.63. The first kappa shape index (κ1) is 20.4. The van der Waals surface area contributed by atoms with E-state index in [9.17, 15) is 14.4 Å². The summed E-state index contributed by atoms with van der Waals surface area (Å²) in [5.41, 5.74) is 2.21. The smallest absolute Gasteiger partial charge is 0.419 e. The molecule has 0 bridgehead atoms. The maximum atomic E-state index is 12.4. The molecule has 2 aromatic carbocycles. The number of ether oxygens (including phenoxy) is 1. The van der Waals surface area contributed by atoms with Crippen molar-refractivity contribution in [2.75, 3.05) is 7.05 Å². The minimum absolute atomic E-state index is 0.103. The summed E-state index contributed by atoms with van der Waals surface area (Å²) in [5, 5.41) is 0. The molecule has 0 spiro atoms. The highest BCUT2D eigenvalue weighted by Crippen LogP contribution is 2.13. The van der Waals surface area contributed by atoms with Crippen LogP contribution in [0, 0.1) is 0 Å². The number of aryl methyl sites for hydroxylation is 1. The van der Waals surface area contributed by atoms with Crippen molar-refractivity contribution < 1.29 is 18.7 Å². The molecule has 7 nitrogen and oxygen atoms in total. The molecule has 0 aliphatic carbocycles. The highest BCUT2D eigenvalue weighted by atomic mass is 16.5. The Morgan fingerprint density at radius 3 is 2.55 bits per heavy atom.